The minimum absolute atomic E-state index is 0.688. The van der Waals surface area contributed by atoms with Gasteiger partial charge in [-0.05, 0) is 32.7 Å². The van der Waals surface area contributed by atoms with Gasteiger partial charge in [-0.3, -0.25) is 0 Å². The van der Waals surface area contributed by atoms with Crippen LogP contribution in [0, 0.1) is 0 Å². The van der Waals surface area contributed by atoms with E-state index in [9.17, 15) is 0 Å². The van der Waals surface area contributed by atoms with Crippen LogP contribution in [0.15, 0.2) is 0 Å². The van der Waals surface area contributed by atoms with E-state index >= 15 is 0 Å². The van der Waals surface area contributed by atoms with E-state index in [1.165, 1.54) is 25.7 Å². The number of methoxy groups -OCH3 is 1. The second-order valence-corrected chi connectivity index (χ2v) is 4.40. The molecule has 1 rings (SSSR count). The molecule has 0 aromatic heterocycles. The molecule has 0 saturated heterocycles. The fraction of sp³-hybridized carbons (Fsp3) is 1.00. The normalized spacial score (nSPS) is 25.9. The number of ether oxygens (including phenoxy) is 2. The minimum atomic E-state index is 0.688. The molecule has 0 heterocycles. The summed E-state index contributed by atoms with van der Waals surface area (Å²) >= 11 is 0. The quantitative estimate of drug-likeness (QED) is 0.604. The van der Waals surface area contributed by atoms with Crippen LogP contribution in [0.25, 0.3) is 0 Å². The van der Waals surface area contributed by atoms with Crippen LogP contribution >= 0.6 is 0 Å². The summed E-state index contributed by atoms with van der Waals surface area (Å²) in [5, 5.41) is 6.90. The van der Waals surface area contributed by atoms with Crippen molar-refractivity contribution in [2.45, 2.75) is 37.8 Å². The maximum absolute atomic E-state index is 5.41. The molecule has 0 aromatic rings. The fourth-order valence-corrected chi connectivity index (χ4v) is 2.17. The van der Waals surface area contributed by atoms with Crippen molar-refractivity contribution in [3.05, 3.63) is 0 Å². The molecule has 0 spiro atoms. The molecule has 0 aliphatic heterocycles. The Labute approximate surface area is 99.1 Å². The third kappa shape index (κ3) is 5.80. The molecule has 0 unspecified atom stereocenters. The molecule has 0 amide bonds. The van der Waals surface area contributed by atoms with Crippen LogP contribution in [0.1, 0.15) is 25.7 Å². The van der Waals surface area contributed by atoms with E-state index in [0.29, 0.717) is 19.3 Å². The zero-order chi connectivity index (χ0) is 11.6. The fourth-order valence-electron chi connectivity index (χ4n) is 2.17. The van der Waals surface area contributed by atoms with Gasteiger partial charge in [0.1, 0.15) is 0 Å². The van der Waals surface area contributed by atoms with Crippen LogP contribution < -0.4 is 10.6 Å². The molecule has 16 heavy (non-hydrogen) atoms. The molecule has 4 nitrogen and oxygen atoms in total. The summed E-state index contributed by atoms with van der Waals surface area (Å²) < 4.78 is 10.3. The summed E-state index contributed by atoms with van der Waals surface area (Å²) in [4.78, 5) is 0. The second kappa shape index (κ2) is 8.93. The van der Waals surface area contributed by atoms with Gasteiger partial charge in [0, 0.05) is 25.7 Å². The topological polar surface area (TPSA) is 42.5 Å². The third-order valence-electron chi connectivity index (χ3n) is 3.25. The van der Waals surface area contributed by atoms with Gasteiger partial charge in [-0.25, -0.2) is 0 Å². The summed E-state index contributed by atoms with van der Waals surface area (Å²) in [5.41, 5.74) is 0. The van der Waals surface area contributed by atoms with E-state index in [1.807, 2.05) is 0 Å². The van der Waals surface area contributed by atoms with Crippen LogP contribution in [0.5, 0.6) is 0 Å². The lowest BCUT2D eigenvalue weighted by Gasteiger charge is -2.28. The molecule has 1 aliphatic rings. The molecule has 0 radical (unpaired) electrons. The van der Waals surface area contributed by atoms with Crippen molar-refractivity contribution in [1.29, 1.82) is 0 Å². The predicted molar refractivity (Wildman–Crippen MR) is 65.8 cm³/mol. The summed E-state index contributed by atoms with van der Waals surface area (Å²) in [6.07, 6.45) is 5.14. The zero-order valence-electron chi connectivity index (χ0n) is 10.6. The maximum atomic E-state index is 5.41. The maximum Gasteiger partial charge on any atom is 0.0700 e. The molecule has 96 valence electrons. The van der Waals surface area contributed by atoms with Crippen LogP contribution in [-0.4, -0.2) is 52.6 Å². The first-order valence-corrected chi connectivity index (χ1v) is 6.34. The van der Waals surface area contributed by atoms with E-state index in [1.54, 1.807) is 7.11 Å². The highest BCUT2D eigenvalue weighted by molar-refractivity contribution is 4.79. The number of hydrogen-bond acceptors (Lipinski definition) is 4. The van der Waals surface area contributed by atoms with E-state index in [-0.39, 0.29) is 0 Å². The summed E-state index contributed by atoms with van der Waals surface area (Å²) in [6, 6.07) is 1.42. The van der Waals surface area contributed by atoms with Crippen molar-refractivity contribution < 1.29 is 9.47 Å². The average Bonchev–Trinajstić information content (AvgIpc) is 2.34. The Balaban J connectivity index is 1.90. The number of nitrogens with one attached hydrogen (secondary N) is 2. The van der Waals surface area contributed by atoms with Crippen molar-refractivity contribution in [2.75, 3.05) is 40.5 Å². The zero-order valence-corrected chi connectivity index (χ0v) is 10.6. The van der Waals surface area contributed by atoms with Crippen molar-refractivity contribution in [3.63, 3.8) is 0 Å². The van der Waals surface area contributed by atoms with Gasteiger partial charge in [0.2, 0.25) is 0 Å². The lowest BCUT2D eigenvalue weighted by atomic mass is 9.91. The highest BCUT2D eigenvalue weighted by atomic mass is 16.5. The Bertz CT molecular complexity index is 159. The molecule has 1 fully saturated rings. The largest absolute Gasteiger partial charge is 0.382 e. The molecule has 0 aromatic carbocycles. The van der Waals surface area contributed by atoms with E-state index < -0.39 is 0 Å². The Morgan fingerprint density at radius 1 is 1.00 bits per heavy atom. The number of hydrogen-bond donors (Lipinski definition) is 2. The molecule has 0 bridgehead atoms. The Kier molecular flexibility index (Phi) is 7.76. The van der Waals surface area contributed by atoms with Gasteiger partial charge in [0.25, 0.3) is 0 Å². The van der Waals surface area contributed by atoms with Gasteiger partial charge in [0.05, 0.1) is 19.8 Å². The van der Waals surface area contributed by atoms with Crippen LogP contribution in [0.2, 0.25) is 0 Å². The average molecular weight is 230 g/mol. The Morgan fingerprint density at radius 3 is 2.31 bits per heavy atom. The van der Waals surface area contributed by atoms with Crippen LogP contribution in [-0.2, 0) is 9.47 Å². The highest BCUT2D eigenvalue weighted by Crippen LogP contribution is 2.17. The van der Waals surface area contributed by atoms with E-state index in [2.05, 4.69) is 17.7 Å². The highest BCUT2D eigenvalue weighted by Gasteiger charge is 2.18. The molecule has 1 aliphatic carbocycles. The van der Waals surface area contributed by atoms with Crippen molar-refractivity contribution >= 4 is 0 Å². The van der Waals surface area contributed by atoms with Gasteiger partial charge in [0.15, 0.2) is 0 Å². The van der Waals surface area contributed by atoms with Gasteiger partial charge in [-0.1, -0.05) is 0 Å². The molecule has 1 saturated carbocycles. The second-order valence-electron chi connectivity index (χ2n) is 4.40. The molecule has 0 atom stereocenters. The van der Waals surface area contributed by atoms with Crippen molar-refractivity contribution in [3.8, 4) is 0 Å². The van der Waals surface area contributed by atoms with Gasteiger partial charge in [-0.15, -0.1) is 0 Å². The Hall–Kier alpha value is -0.160. The first-order valence-electron chi connectivity index (χ1n) is 6.34. The van der Waals surface area contributed by atoms with Crippen molar-refractivity contribution in [2.24, 2.45) is 0 Å². The number of rotatable bonds is 8. The third-order valence-corrected chi connectivity index (χ3v) is 3.25. The summed E-state index contributed by atoms with van der Waals surface area (Å²) in [6.45, 7) is 3.13. The monoisotopic (exact) mass is 230 g/mol. The molecular formula is C12H26N2O2. The molecule has 4 heteroatoms. The molecular weight excluding hydrogens is 204 g/mol. The van der Waals surface area contributed by atoms with E-state index in [4.69, 9.17) is 9.47 Å². The van der Waals surface area contributed by atoms with Gasteiger partial charge in [-0.2, -0.15) is 0 Å². The lowest BCUT2D eigenvalue weighted by Crippen LogP contribution is -2.39. The summed E-state index contributed by atoms with van der Waals surface area (Å²) in [7, 11) is 3.75. The van der Waals surface area contributed by atoms with Gasteiger partial charge < -0.3 is 20.1 Å². The van der Waals surface area contributed by atoms with E-state index in [0.717, 1.165) is 19.2 Å². The first-order chi connectivity index (χ1) is 7.86. The van der Waals surface area contributed by atoms with Crippen LogP contribution in [0.4, 0.5) is 0 Å². The first kappa shape index (κ1) is 13.9. The molecule has 2 N–H and O–H groups in total. The Morgan fingerprint density at radius 2 is 1.69 bits per heavy atom. The van der Waals surface area contributed by atoms with Gasteiger partial charge >= 0.3 is 0 Å². The van der Waals surface area contributed by atoms with Crippen LogP contribution in [0.3, 0.4) is 0 Å². The SMILES string of the molecule is CN[C@H]1CC[C@H](NCCOCCOC)CC1. The predicted octanol–water partition coefficient (Wildman–Crippen LogP) is 0.770. The smallest absolute Gasteiger partial charge is 0.0700 e. The van der Waals surface area contributed by atoms with Crippen molar-refractivity contribution in [1.82, 2.24) is 10.6 Å². The minimum Gasteiger partial charge on any atom is -0.382 e. The lowest BCUT2D eigenvalue weighted by molar-refractivity contribution is 0.0704. The summed E-state index contributed by atoms with van der Waals surface area (Å²) in [5.74, 6) is 0. The standard InChI is InChI=1S/C12H26N2O2/c1-13-11-3-5-12(6-4-11)14-7-8-16-10-9-15-2/h11-14H,3-10H2,1-2H3/t11-,12-.